The molecule has 0 bridgehead atoms. The van der Waals surface area contributed by atoms with E-state index in [4.69, 9.17) is 9.84 Å². The number of nitrogens with one attached hydrogen (secondary N) is 1. The Bertz CT molecular complexity index is 452. The molecule has 0 aliphatic carbocycles. The second-order valence-electron chi connectivity index (χ2n) is 4.74. The number of rotatable bonds is 9. The molecule has 2 N–H and O–H groups in total. The number of anilines is 1. The summed E-state index contributed by atoms with van der Waals surface area (Å²) in [4.78, 5) is 18.6. The smallest absolute Gasteiger partial charge is 0.254 e. The third kappa shape index (κ3) is 5.32. The summed E-state index contributed by atoms with van der Waals surface area (Å²) in [5, 5.41) is 12.1. The number of aliphatic hydroxyl groups excluding tert-OH is 1. The van der Waals surface area contributed by atoms with Crippen molar-refractivity contribution in [2.45, 2.75) is 19.8 Å². The number of carbonyl (C=O) groups excluding carboxylic acids is 1. The van der Waals surface area contributed by atoms with Crippen LogP contribution in [0.4, 0.5) is 5.82 Å². The number of amides is 1. The summed E-state index contributed by atoms with van der Waals surface area (Å²) in [5.74, 6) is 0.567. The molecule has 1 aromatic rings. The molecule has 0 radical (unpaired) electrons. The van der Waals surface area contributed by atoms with Gasteiger partial charge >= 0.3 is 0 Å². The lowest BCUT2D eigenvalue weighted by Crippen LogP contribution is -2.36. The Labute approximate surface area is 126 Å². The van der Waals surface area contributed by atoms with E-state index in [1.165, 1.54) is 0 Å². The van der Waals surface area contributed by atoms with Crippen molar-refractivity contribution in [3.63, 3.8) is 0 Å². The molecule has 0 saturated carbocycles. The average Bonchev–Trinajstić information content (AvgIpc) is 2.50. The van der Waals surface area contributed by atoms with Crippen molar-refractivity contribution in [1.82, 2.24) is 9.88 Å². The van der Waals surface area contributed by atoms with Gasteiger partial charge < -0.3 is 20.1 Å². The molecule has 0 unspecified atom stereocenters. The van der Waals surface area contributed by atoms with E-state index in [9.17, 15) is 4.79 Å². The van der Waals surface area contributed by atoms with Crippen LogP contribution in [0.3, 0.4) is 0 Å². The van der Waals surface area contributed by atoms with Gasteiger partial charge in [0, 0.05) is 38.5 Å². The van der Waals surface area contributed by atoms with Gasteiger partial charge in [-0.15, -0.1) is 0 Å². The van der Waals surface area contributed by atoms with Crippen LogP contribution in [0, 0.1) is 0 Å². The maximum absolute atomic E-state index is 12.6. The summed E-state index contributed by atoms with van der Waals surface area (Å²) in [5.41, 5.74) is 1.48. The SMILES string of the molecule is CCCc1cc(C(=O)N(CCO)CCOC)cc(NC)n1. The number of aromatic nitrogens is 1. The molecule has 0 atom stereocenters. The van der Waals surface area contributed by atoms with E-state index >= 15 is 0 Å². The summed E-state index contributed by atoms with van der Waals surface area (Å²) < 4.78 is 5.01. The van der Waals surface area contributed by atoms with E-state index in [1.807, 2.05) is 6.07 Å². The predicted molar refractivity (Wildman–Crippen MR) is 82.6 cm³/mol. The van der Waals surface area contributed by atoms with E-state index in [0.717, 1.165) is 18.5 Å². The molecule has 1 aromatic heterocycles. The largest absolute Gasteiger partial charge is 0.395 e. The number of hydrogen-bond acceptors (Lipinski definition) is 5. The zero-order chi connectivity index (χ0) is 15.7. The molecule has 0 aliphatic heterocycles. The Morgan fingerprint density at radius 1 is 1.43 bits per heavy atom. The molecule has 6 heteroatoms. The fourth-order valence-electron chi connectivity index (χ4n) is 2.04. The molecule has 0 saturated heterocycles. The van der Waals surface area contributed by atoms with Crippen molar-refractivity contribution in [2.75, 3.05) is 45.8 Å². The van der Waals surface area contributed by atoms with Gasteiger partial charge in [0.25, 0.3) is 5.91 Å². The minimum atomic E-state index is -0.114. The summed E-state index contributed by atoms with van der Waals surface area (Å²) in [7, 11) is 3.37. The van der Waals surface area contributed by atoms with Crippen LogP contribution in [0.5, 0.6) is 0 Å². The fraction of sp³-hybridized carbons (Fsp3) is 0.600. The van der Waals surface area contributed by atoms with Crippen molar-refractivity contribution < 1.29 is 14.6 Å². The lowest BCUT2D eigenvalue weighted by molar-refractivity contribution is 0.0656. The highest BCUT2D eigenvalue weighted by atomic mass is 16.5. The lowest BCUT2D eigenvalue weighted by atomic mass is 10.1. The van der Waals surface area contributed by atoms with Gasteiger partial charge in [0.05, 0.1) is 13.2 Å². The Morgan fingerprint density at radius 2 is 2.19 bits per heavy atom. The molecule has 0 spiro atoms. The maximum Gasteiger partial charge on any atom is 0.254 e. The van der Waals surface area contributed by atoms with Gasteiger partial charge in [0.2, 0.25) is 0 Å². The molecule has 21 heavy (non-hydrogen) atoms. The number of nitrogens with zero attached hydrogens (tertiary/aromatic N) is 2. The van der Waals surface area contributed by atoms with Crippen molar-refractivity contribution in [3.05, 3.63) is 23.4 Å². The van der Waals surface area contributed by atoms with E-state index in [1.54, 1.807) is 25.1 Å². The maximum atomic E-state index is 12.6. The van der Waals surface area contributed by atoms with Crippen LogP contribution in [-0.2, 0) is 11.2 Å². The van der Waals surface area contributed by atoms with Gasteiger partial charge in [0.1, 0.15) is 5.82 Å². The molecule has 1 amide bonds. The number of ether oxygens (including phenoxy) is 1. The monoisotopic (exact) mass is 295 g/mol. The number of aryl methyl sites for hydroxylation is 1. The van der Waals surface area contributed by atoms with Crippen LogP contribution in [0.2, 0.25) is 0 Å². The number of pyridine rings is 1. The highest BCUT2D eigenvalue weighted by Crippen LogP contribution is 2.14. The van der Waals surface area contributed by atoms with E-state index in [2.05, 4.69) is 17.2 Å². The van der Waals surface area contributed by atoms with Crippen LogP contribution in [-0.4, -0.2) is 61.4 Å². The average molecular weight is 295 g/mol. The standard InChI is InChI=1S/C15H25N3O3/c1-4-5-13-10-12(11-14(16-2)17-13)15(20)18(6-8-19)7-9-21-3/h10-11,19H,4-9H2,1-3H3,(H,16,17). The Balaban J connectivity index is 2.98. The molecule has 6 nitrogen and oxygen atoms in total. The van der Waals surface area contributed by atoms with Crippen LogP contribution in [0.25, 0.3) is 0 Å². The van der Waals surface area contributed by atoms with E-state index in [0.29, 0.717) is 31.1 Å². The van der Waals surface area contributed by atoms with Crippen molar-refractivity contribution in [2.24, 2.45) is 0 Å². The van der Waals surface area contributed by atoms with Gasteiger partial charge in [-0.2, -0.15) is 0 Å². The zero-order valence-corrected chi connectivity index (χ0v) is 13.1. The van der Waals surface area contributed by atoms with E-state index < -0.39 is 0 Å². The second kappa shape index (κ2) is 9.31. The fourth-order valence-corrected chi connectivity index (χ4v) is 2.04. The molecule has 0 fully saturated rings. The van der Waals surface area contributed by atoms with Crippen molar-refractivity contribution >= 4 is 11.7 Å². The van der Waals surface area contributed by atoms with Gasteiger partial charge in [-0.25, -0.2) is 4.98 Å². The highest BCUT2D eigenvalue weighted by Gasteiger charge is 2.17. The van der Waals surface area contributed by atoms with Gasteiger partial charge in [-0.1, -0.05) is 13.3 Å². The van der Waals surface area contributed by atoms with Crippen LogP contribution in [0.15, 0.2) is 12.1 Å². The molecule has 1 rings (SSSR count). The third-order valence-corrected chi connectivity index (χ3v) is 3.11. The summed E-state index contributed by atoms with van der Waals surface area (Å²) >= 11 is 0. The lowest BCUT2D eigenvalue weighted by Gasteiger charge is -2.22. The molecule has 1 heterocycles. The normalized spacial score (nSPS) is 10.5. The minimum absolute atomic E-state index is 0.0682. The number of carbonyl (C=O) groups is 1. The Hall–Kier alpha value is -1.66. The van der Waals surface area contributed by atoms with Crippen LogP contribution in [0.1, 0.15) is 29.4 Å². The molecule has 0 aromatic carbocycles. The Kier molecular flexibility index (Phi) is 7.71. The number of aliphatic hydroxyl groups is 1. The molecular weight excluding hydrogens is 270 g/mol. The first-order chi connectivity index (χ1) is 10.2. The third-order valence-electron chi connectivity index (χ3n) is 3.11. The second-order valence-corrected chi connectivity index (χ2v) is 4.74. The van der Waals surface area contributed by atoms with Crippen molar-refractivity contribution in [1.29, 1.82) is 0 Å². The first-order valence-corrected chi connectivity index (χ1v) is 7.24. The number of methoxy groups -OCH3 is 1. The van der Waals surface area contributed by atoms with Gasteiger partial charge in [-0.3, -0.25) is 4.79 Å². The zero-order valence-electron chi connectivity index (χ0n) is 13.1. The molecule has 118 valence electrons. The summed E-state index contributed by atoms with van der Waals surface area (Å²) in [6.45, 7) is 3.20. The van der Waals surface area contributed by atoms with Crippen molar-refractivity contribution in [3.8, 4) is 0 Å². The van der Waals surface area contributed by atoms with Crippen LogP contribution >= 0.6 is 0 Å². The molecular formula is C15H25N3O3. The first-order valence-electron chi connectivity index (χ1n) is 7.24. The summed E-state index contributed by atoms with van der Waals surface area (Å²) in [6.07, 6.45) is 1.80. The van der Waals surface area contributed by atoms with Gasteiger partial charge in [-0.05, 0) is 18.6 Å². The van der Waals surface area contributed by atoms with Crippen LogP contribution < -0.4 is 5.32 Å². The number of hydrogen-bond donors (Lipinski definition) is 2. The van der Waals surface area contributed by atoms with Gasteiger partial charge in [0.15, 0.2) is 0 Å². The topological polar surface area (TPSA) is 74.7 Å². The Morgan fingerprint density at radius 3 is 2.76 bits per heavy atom. The predicted octanol–water partition coefficient (Wildman–Crippen LogP) is 1.16. The van der Waals surface area contributed by atoms with E-state index in [-0.39, 0.29) is 12.5 Å². The highest BCUT2D eigenvalue weighted by molar-refractivity contribution is 5.95. The molecule has 0 aliphatic rings. The quantitative estimate of drug-likeness (QED) is 0.715. The summed E-state index contributed by atoms with van der Waals surface area (Å²) in [6, 6.07) is 3.56. The minimum Gasteiger partial charge on any atom is -0.395 e. The first kappa shape index (κ1) is 17.4.